The molecule has 0 fully saturated rings. The Hall–Kier alpha value is -1.40. The van der Waals surface area contributed by atoms with Gasteiger partial charge in [0, 0.05) is 0 Å². The number of aryl methyl sites for hydroxylation is 1. The zero-order chi connectivity index (χ0) is 18.6. The van der Waals surface area contributed by atoms with Crippen molar-refractivity contribution in [3.63, 3.8) is 0 Å². The number of carboxylic acid groups (broad SMARTS) is 1. The van der Waals surface area contributed by atoms with Crippen LogP contribution in [0, 0.1) is 12.8 Å². The SMILES string of the molecule is CCCCCCC(CCC)C(=O)O.Cc1ccc(S(=O)(=O)O)cc1. The van der Waals surface area contributed by atoms with Crippen LogP contribution in [0.15, 0.2) is 29.2 Å². The summed E-state index contributed by atoms with van der Waals surface area (Å²) in [5.74, 6) is -0.708. The first kappa shape index (κ1) is 22.6. The molecule has 138 valence electrons. The molecule has 0 spiro atoms. The van der Waals surface area contributed by atoms with E-state index in [4.69, 9.17) is 9.66 Å². The Morgan fingerprint density at radius 3 is 2.00 bits per heavy atom. The number of carboxylic acids is 1. The maximum atomic E-state index is 10.8. The van der Waals surface area contributed by atoms with Crippen LogP contribution in [0.5, 0.6) is 0 Å². The van der Waals surface area contributed by atoms with Gasteiger partial charge in [-0.25, -0.2) is 0 Å². The van der Waals surface area contributed by atoms with Crippen LogP contribution >= 0.6 is 0 Å². The van der Waals surface area contributed by atoms with Gasteiger partial charge < -0.3 is 5.11 Å². The number of unbranched alkanes of at least 4 members (excludes halogenated alkanes) is 3. The summed E-state index contributed by atoms with van der Waals surface area (Å²) in [4.78, 5) is 10.7. The van der Waals surface area contributed by atoms with Gasteiger partial charge in [0.1, 0.15) is 0 Å². The van der Waals surface area contributed by atoms with E-state index in [-0.39, 0.29) is 10.8 Å². The summed E-state index contributed by atoms with van der Waals surface area (Å²) in [6.07, 6.45) is 7.38. The minimum Gasteiger partial charge on any atom is -0.481 e. The van der Waals surface area contributed by atoms with E-state index < -0.39 is 16.1 Å². The van der Waals surface area contributed by atoms with Crippen molar-refractivity contribution in [3.05, 3.63) is 29.8 Å². The van der Waals surface area contributed by atoms with Crippen molar-refractivity contribution in [2.75, 3.05) is 0 Å². The average molecular weight is 359 g/mol. The van der Waals surface area contributed by atoms with Gasteiger partial charge in [-0.05, 0) is 31.9 Å². The summed E-state index contributed by atoms with van der Waals surface area (Å²) in [6.45, 7) is 6.05. The summed E-state index contributed by atoms with van der Waals surface area (Å²) < 4.78 is 29.6. The first-order valence-electron chi connectivity index (χ1n) is 8.49. The Morgan fingerprint density at radius 2 is 1.58 bits per heavy atom. The standard InChI is InChI=1S/C11H22O2.C7H8O3S/c1-3-5-6-7-9-10(8-4-2)11(12)13;1-6-2-4-7(5-3-6)11(8,9)10/h10H,3-9H2,1-2H3,(H,12,13);2-5H,1H3,(H,8,9,10). The summed E-state index contributed by atoms with van der Waals surface area (Å²) in [5.41, 5.74) is 0.956. The molecule has 1 atom stereocenters. The Balaban J connectivity index is 0.000000446. The molecule has 0 saturated heterocycles. The molecule has 0 amide bonds. The second-order valence-electron chi connectivity index (χ2n) is 5.96. The number of aliphatic carboxylic acids is 1. The van der Waals surface area contributed by atoms with E-state index in [0.717, 1.165) is 31.2 Å². The molecule has 0 saturated carbocycles. The Morgan fingerprint density at radius 1 is 1.00 bits per heavy atom. The van der Waals surface area contributed by atoms with Crippen LogP contribution in [0.3, 0.4) is 0 Å². The van der Waals surface area contributed by atoms with Crippen molar-refractivity contribution < 1.29 is 22.9 Å². The fraction of sp³-hybridized carbons (Fsp3) is 0.611. The van der Waals surface area contributed by atoms with E-state index in [0.29, 0.717) is 0 Å². The monoisotopic (exact) mass is 358 g/mol. The van der Waals surface area contributed by atoms with Crippen molar-refractivity contribution in [2.45, 2.75) is 70.6 Å². The average Bonchev–Trinajstić information content (AvgIpc) is 2.50. The third-order valence-corrected chi connectivity index (χ3v) is 4.58. The number of carbonyl (C=O) groups is 1. The molecule has 0 heterocycles. The van der Waals surface area contributed by atoms with Crippen LogP contribution in [-0.4, -0.2) is 24.0 Å². The highest BCUT2D eigenvalue weighted by Gasteiger charge is 2.14. The van der Waals surface area contributed by atoms with Crippen LogP contribution in [0.25, 0.3) is 0 Å². The van der Waals surface area contributed by atoms with E-state index in [1.807, 2.05) is 13.8 Å². The van der Waals surface area contributed by atoms with Gasteiger partial charge in [0.25, 0.3) is 10.1 Å². The molecule has 2 N–H and O–H groups in total. The molecule has 5 nitrogen and oxygen atoms in total. The van der Waals surface area contributed by atoms with Crippen molar-refractivity contribution >= 4 is 16.1 Å². The van der Waals surface area contributed by atoms with Crippen LogP contribution in [0.2, 0.25) is 0 Å². The Bertz CT molecular complexity index is 564. The summed E-state index contributed by atoms with van der Waals surface area (Å²) in [7, 11) is -4.02. The molecule has 0 aliphatic carbocycles. The lowest BCUT2D eigenvalue weighted by Gasteiger charge is -2.09. The fourth-order valence-corrected chi connectivity index (χ4v) is 2.75. The number of rotatable bonds is 9. The zero-order valence-electron chi connectivity index (χ0n) is 14.9. The molecule has 1 rings (SSSR count). The topological polar surface area (TPSA) is 91.7 Å². The molecule has 0 bridgehead atoms. The lowest BCUT2D eigenvalue weighted by molar-refractivity contribution is -0.142. The van der Waals surface area contributed by atoms with Gasteiger partial charge in [-0.2, -0.15) is 8.42 Å². The van der Waals surface area contributed by atoms with Crippen molar-refractivity contribution in [1.82, 2.24) is 0 Å². The zero-order valence-corrected chi connectivity index (χ0v) is 15.7. The second-order valence-corrected chi connectivity index (χ2v) is 7.38. The highest BCUT2D eigenvalue weighted by Crippen LogP contribution is 2.16. The predicted octanol–water partition coefficient (Wildman–Crippen LogP) is 4.70. The molecular weight excluding hydrogens is 328 g/mol. The minimum atomic E-state index is -4.02. The highest BCUT2D eigenvalue weighted by molar-refractivity contribution is 7.85. The van der Waals surface area contributed by atoms with Crippen LogP contribution in [-0.2, 0) is 14.9 Å². The molecule has 24 heavy (non-hydrogen) atoms. The van der Waals surface area contributed by atoms with Crippen LogP contribution in [0.1, 0.15) is 64.4 Å². The smallest absolute Gasteiger partial charge is 0.306 e. The molecular formula is C18H30O5S. The third-order valence-electron chi connectivity index (χ3n) is 3.71. The molecule has 1 unspecified atom stereocenters. The summed E-state index contributed by atoms with van der Waals surface area (Å²) in [6, 6.07) is 5.99. The molecule has 0 aromatic heterocycles. The maximum absolute atomic E-state index is 10.8. The molecule has 1 aromatic carbocycles. The predicted molar refractivity (Wildman–Crippen MR) is 95.8 cm³/mol. The van der Waals surface area contributed by atoms with E-state index in [2.05, 4.69) is 6.92 Å². The first-order chi connectivity index (χ1) is 11.2. The van der Waals surface area contributed by atoms with Crippen molar-refractivity contribution in [3.8, 4) is 0 Å². The molecule has 0 aliphatic rings. The lowest BCUT2D eigenvalue weighted by Crippen LogP contribution is -2.13. The van der Waals surface area contributed by atoms with Gasteiger partial charge in [-0.3, -0.25) is 9.35 Å². The number of hydrogen-bond acceptors (Lipinski definition) is 3. The van der Waals surface area contributed by atoms with E-state index in [1.54, 1.807) is 12.1 Å². The Labute approximate surface area is 145 Å². The second kappa shape index (κ2) is 12.0. The van der Waals surface area contributed by atoms with E-state index in [1.165, 1.54) is 31.4 Å². The lowest BCUT2D eigenvalue weighted by atomic mass is 9.96. The van der Waals surface area contributed by atoms with Gasteiger partial charge in [-0.15, -0.1) is 0 Å². The van der Waals surface area contributed by atoms with E-state index >= 15 is 0 Å². The summed E-state index contributed by atoms with van der Waals surface area (Å²) in [5, 5.41) is 8.86. The normalized spacial score (nSPS) is 12.2. The van der Waals surface area contributed by atoms with Gasteiger partial charge in [0.15, 0.2) is 0 Å². The van der Waals surface area contributed by atoms with Crippen LogP contribution < -0.4 is 0 Å². The Kier molecular flexibility index (Phi) is 11.3. The number of benzene rings is 1. The molecule has 6 heteroatoms. The third kappa shape index (κ3) is 10.4. The van der Waals surface area contributed by atoms with Gasteiger partial charge in [0.2, 0.25) is 0 Å². The van der Waals surface area contributed by atoms with Gasteiger partial charge in [-0.1, -0.05) is 63.6 Å². The molecule has 0 aliphatic heterocycles. The number of hydrogen-bond donors (Lipinski definition) is 2. The fourth-order valence-electron chi connectivity index (χ4n) is 2.27. The van der Waals surface area contributed by atoms with Crippen LogP contribution in [0.4, 0.5) is 0 Å². The minimum absolute atomic E-state index is 0.0666. The van der Waals surface area contributed by atoms with Gasteiger partial charge >= 0.3 is 5.97 Å². The largest absolute Gasteiger partial charge is 0.481 e. The summed E-state index contributed by atoms with van der Waals surface area (Å²) >= 11 is 0. The van der Waals surface area contributed by atoms with Gasteiger partial charge in [0.05, 0.1) is 10.8 Å². The van der Waals surface area contributed by atoms with Crippen molar-refractivity contribution in [2.24, 2.45) is 5.92 Å². The highest BCUT2D eigenvalue weighted by atomic mass is 32.2. The quantitative estimate of drug-likeness (QED) is 0.493. The first-order valence-corrected chi connectivity index (χ1v) is 9.93. The van der Waals surface area contributed by atoms with Crippen molar-refractivity contribution in [1.29, 1.82) is 0 Å². The van der Waals surface area contributed by atoms with E-state index in [9.17, 15) is 13.2 Å². The maximum Gasteiger partial charge on any atom is 0.306 e. The molecule has 1 aromatic rings. The molecule has 0 radical (unpaired) electrons.